The number of thiazole rings is 1. The van der Waals surface area contributed by atoms with Gasteiger partial charge in [-0.05, 0) is 35.8 Å². The molecule has 31 heavy (non-hydrogen) atoms. The summed E-state index contributed by atoms with van der Waals surface area (Å²) in [4.78, 5) is 28.9. The fraction of sp³-hybridized carbons (Fsp3) is 0.208. The van der Waals surface area contributed by atoms with E-state index in [0.717, 1.165) is 16.3 Å². The third-order valence-corrected chi connectivity index (χ3v) is 5.48. The number of carboxylic acids is 1. The van der Waals surface area contributed by atoms with E-state index in [2.05, 4.69) is 29.5 Å². The lowest BCUT2D eigenvalue weighted by Gasteiger charge is -2.17. The van der Waals surface area contributed by atoms with Gasteiger partial charge in [0.05, 0.1) is 11.3 Å². The topological polar surface area (TPSA) is 88.5 Å². The summed E-state index contributed by atoms with van der Waals surface area (Å²) in [6.45, 7) is 4.22. The van der Waals surface area contributed by atoms with E-state index in [1.54, 1.807) is 35.6 Å². The normalized spacial score (nSPS) is 12.3. The third-order valence-electron chi connectivity index (χ3n) is 4.65. The Hall–Kier alpha value is -3.29. The molecule has 1 heterocycles. The summed E-state index contributed by atoms with van der Waals surface area (Å²) in [5, 5.41) is 15.2. The molecule has 0 aliphatic carbocycles. The number of carboxylic acid groups (broad SMARTS) is 1. The summed E-state index contributed by atoms with van der Waals surface area (Å²) >= 11 is 1.59. The van der Waals surface area contributed by atoms with Crippen molar-refractivity contribution in [2.24, 2.45) is 0 Å². The minimum absolute atomic E-state index is 0.0328. The third kappa shape index (κ3) is 5.65. The van der Waals surface area contributed by atoms with Gasteiger partial charge in [0.2, 0.25) is 0 Å². The molecule has 3 aromatic rings. The van der Waals surface area contributed by atoms with Gasteiger partial charge in [0.1, 0.15) is 5.01 Å². The molecule has 160 valence electrons. The number of rotatable bonds is 8. The molecule has 0 aliphatic heterocycles. The van der Waals surface area contributed by atoms with Crippen LogP contribution < -0.4 is 5.32 Å². The summed E-state index contributed by atoms with van der Waals surface area (Å²) in [5.41, 5.74) is 2.89. The minimum atomic E-state index is -1.11. The molecule has 0 bridgehead atoms. The maximum absolute atomic E-state index is 12.8. The second kappa shape index (κ2) is 10.1. The van der Waals surface area contributed by atoms with Crippen molar-refractivity contribution >= 4 is 41.1 Å². The van der Waals surface area contributed by atoms with Crippen LogP contribution in [0.1, 0.15) is 58.1 Å². The van der Waals surface area contributed by atoms with E-state index >= 15 is 0 Å². The number of carbonyl (C=O) groups is 2. The quantitative estimate of drug-likeness (QED) is 0.489. The van der Waals surface area contributed by atoms with Gasteiger partial charge in [-0.25, -0.2) is 9.78 Å². The van der Waals surface area contributed by atoms with Crippen molar-refractivity contribution in [1.82, 2.24) is 4.98 Å². The van der Waals surface area contributed by atoms with Crippen LogP contribution >= 0.6 is 11.3 Å². The molecular weight excluding hydrogens is 412 g/mol. The van der Waals surface area contributed by atoms with Gasteiger partial charge in [-0.2, -0.15) is 0 Å². The fourth-order valence-corrected chi connectivity index (χ4v) is 3.90. The van der Waals surface area contributed by atoms with Gasteiger partial charge in [0.15, 0.2) is 6.10 Å². The number of nitrogens with zero attached hydrogens (tertiary/aromatic N) is 1. The van der Waals surface area contributed by atoms with Crippen molar-refractivity contribution in [3.63, 3.8) is 0 Å². The molecule has 0 radical (unpaired) electrons. The van der Waals surface area contributed by atoms with Crippen LogP contribution in [-0.2, 0) is 9.53 Å². The Labute approximate surface area is 185 Å². The van der Waals surface area contributed by atoms with Gasteiger partial charge in [-0.3, -0.25) is 4.79 Å². The van der Waals surface area contributed by atoms with Crippen LogP contribution in [0.25, 0.3) is 12.2 Å². The number of aromatic nitrogens is 1. The first-order valence-corrected chi connectivity index (χ1v) is 10.7. The SMILES string of the molecule is COC(C(=O)Nc1cccc(/C=C/c2nc(C(C)C)cs2)c1)c1ccccc1C(=O)O. The lowest BCUT2D eigenvalue weighted by atomic mass is 10.0. The molecule has 6 nitrogen and oxygen atoms in total. The molecule has 0 saturated heterocycles. The number of ether oxygens (including phenoxy) is 1. The van der Waals surface area contributed by atoms with Crippen molar-refractivity contribution in [2.45, 2.75) is 25.9 Å². The Bertz CT molecular complexity index is 1100. The van der Waals surface area contributed by atoms with Crippen LogP contribution in [0.2, 0.25) is 0 Å². The molecule has 0 fully saturated rings. The molecule has 1 amide bonds. The number of methoxy groups -OCH3 is 1. The van der Waals surface area contributed by atoms with E-state index in [9.17, 15) is 14.7 Å². The van der Waals surface area contributed by atoms with Crippen molar-refractivity contribution in [3.05, 3.63) is 81.3 Å². The Balaban J connectivity index is 1.76. The maximum Gasteiger partial charge on any atom is 0.336 e. The lowest BCUT2D eigenvalue weighted by Crippen LogP contribution is -2.24. The van der Waals surface area contributed by atoms with E-state index in [4.69, 9.17) is 4.74 Å². The van der Waals surface area contributed by atoms with Crippen LogP contribution in [0.4, 0.5) is 5.69 Å². The standard InChI is InChI=1S/C24H24N2O4S/c1-15(2)20-14-31-21(26-20)12-11-16-7-6-8-17(13-16)25-23(27)22(30-3)18-9-4-5-10-19(18)24(28)29/h4-15,22H,1-3H3,(H,25,27)(H,28,29)/b12-11+. The van der Waals surface area contributed by atoms with Crippen molar-refractivity contribution in [1.29, 1.82) is 0 Å². The zero-order valence-electron chi connectivity index (χ0n) is 17.5. The average Bonchev–Trinajstić information content (AvgIpc) is 3.23. The van der Waals surface area contributed by atoms with E-state index < -0.39 is 18.0 Å². The number of amides is 1. The molecular formula is C24H24N2O4S. The summed E-state index contributed by atoms with van der Waals surface area (Å²) in [7, 11) is 1.38. The average molecular weight is 437 g/mol. The second-order valence-corrected chi connectivity index (χ2v) is 8.11. The van der Waals surface area contributed by atoms with Crippen LogP contribution in [0.5, 0.6) is 0 Å². The number of benzene rings is 2. The molecule has 2 N–H and O–H groups in total. The molecule has 1 unspecified atom stereocenters. The Morgan fingerprint density at radius 1 is 1.13 bits per heavy atom. The zero-order chi connectivity index (χ0) is 22.4. The minimum Gasteiger partial charge on any atom is -0.478 e. The number of hydrogen-bond donors (Lipinski definition) is 2. The van der Waals surface area contributed by atoms with Crippen molar-refractivity contribution in [2.75, 3.05) is 12.4 Å². The van der Waals surface area contributed by atoms with Gasteiger partial charge in [0.25, 0.3) is 5.91 Å². The number of carbonyl (C=O) groups excluding carboxylic acids is 1. The van der Waals surface area contributed by atoms with Gasteiger partial charge >= 0.3 is 5.97 Å². The van der Waals surface area contributed by atoms with Gasteiger partial charge in [-0.15, -0.1) is 11.3 Å². The molecule has 0 saturated carbocycles. The molecule has 7 heteroatoms. The Kier molecular flexibility index (Phi) is 7.33. The second-order valence-electron chi connectivity index (χ2n) is 7.22. The lowest BCUT2D eigenvalue weighted by molar-refractivity contribution is -0.126. The highest BCUT2D eigenvalue weighted by Crippen LogP contribution is 2.24. The first-order valence-electron chi connectivity index (χ1n) is 9.78. The summed E-state index contributed by atoms with van der Waals surface area (Å²) < 4.78 is 5.32. The van der Waals surface area contributed by atoms with Crippen LogP contribution in [-0.4, -0.2) is 29.1 Å². The largest absolute Gasteiger partial charge is 0.478 e. The predicted molar refractivity (Wildman–Crippen MR) is 123 cm³/mol. The van der Waals surface area contributed by atoms with Gasteiger partial charge < -0.3 is 15.2 Å². The fourth-order valence-electron chi connectivity index (χ4n) is 3.03. The summed E-state index contributed by atoms with van der Waals surface area (Å²) in [5.74, 6) is -1.17. The maximum atomic E-state index is 12.8. The van der Waals surface area contributed by atoms with Crippen molar-refractivity contribution < 1.29 is 19.4 Å². The summed E-state index contributed by atoms with van der Waals surface area (Å²) in [6.07, 6.45) is 2.83. The van der Waals surface area contributed by atoms with Crippen LogP contribution in [0.15, 0.2) is 53.9 Å². The first-order chi connectivity index (χ1) is 14.9. The molecule has 2 aromatic carbocycles. The van der Waals surface area contributed by atoms with E-state index in [0.29, 0.717) is 17.2 Å². The van der Waals surface area contributed by atoms with E-state index in [1.165, 1.54) is 13.2 Å². The molecule has 1 aromatic heterocycles. The Morgan fingerprint density at radius 3 is 2.58 bits per heavy atom. The van der Waals surface area contributed by atoms with Crippen LogP contribution in [0.3, 0.4) is 0 Å². The van der Waals surface area contributed by atoms with Gasteiger partial charge in [0, 0.05) is 23.7 Å². The van der Waals surface area contributed by atoms with Crippen LogP contribution in [0, 0.1) is 0 Å². The number of hydrogen-bond acceptors (Lipinski definition) is 5. The molecule has 0 aliphatic rings. The molecule has 0 spiro atoms. The number of nitrogens with one attached hydrogen (secondary N) is 1. The Morgan fingerprint density at radius 2 is 1.90 bits per heavy atom. The first kappa shape index (κ1) is 22.4. The van der Waals surface area contributed by atoms with Gasteiger partial charge in [-0.1, -0.05) is 50.3 Å². The summed E-state index contributed by atoms with van der Waals surface area (Å²) in [6, 6.07) is 13.7. The zero-order valence-corrected chi connectivity index (χ0v) is 18.3. The molecule has 1 atom stereocenters. The van der Waals surface area contributed by atoms with E-state index in [1.807, 2.05) is 30.4 Å². The number of aromatic carboxylic acids is 1. The highest BCUT2D eigenvalue weighted by atomic mass is 32.1. The highest BCUT2D eigenvalue weighted by Gasteiger charge is 2.25. The number of anilines is 1. The van der Waals surface area contributed by atoms with E-state index in [-0.39, 0.29) is 5.56 Å². The predicted octanol–water partition coefficient (Wildman–Crippen LogP) is 5.46. The molecule has 3 rings (SSSR count). The van der Waals surface area contributed by atoms with Crippen molar-refractivity contribution in [3.8, 4) is 0 Å². The smallest absolute Gasteiger partial charge is 0.336 e. The highest BCUT2D eigenvalue weighted by molar-refractivity contribution is 7.10. The monoisotopic (exact) mass is 436 g/mol.